The van der Waals surface area contributed by atoms with Crippen molar-refractivity contribution in [3.8, 4) is 0 Å². The summed E-state index contributed by atoms with van der Waals surface area (Å²) in [4.78, 5) is 12.4. The second-order valence-electron chi connectivity index (χ2n) is 3.16. The summed E-state index contributed by atoms with van der Waals surface area (Å²) in [5.41, 5.74) is 0. The van der Waals surface area contributed by atoms with Crippen LogP contribution in [0.5, 0.6) is 0 Å². The van der Waals surface area contributed by atoms with E-state index in [1.54, 1.807) is 11.3 Å². The molecule has 1 amide bonds. The molecular formula is C10H15ClN2OS. The maximum atomic E-state index is 11.2. The zero-order chi connectivity index (χ0) is 11.1. The van der Waals surface area contributed by atoms with Gasteiger partial charge in [0.05, 0.1) is 4.34 Å². The first-order valence-electron chi connectivity index (χ1n) is 4.88. The van der Waals surface area contributed by atoms with E-state index in [2.05, 4.69) is 10.6 Å². The van der Waals surface area contributed by atoms with Crippen LogP contribution in [0.3, 0.4) is 0 Å². The van der Waals surface area contributed by atoms with Gasteiger partial charge in [-0.05, 0) is 25.6 Å². The number of hydrogen-bond donors (Lipinski definition) is 2. The van der Waals surface area contributed by atoms with Gasteiger partial charge in [-0.15, -0.1) is 11.3 Å². The number of amides is 1. The molecule has 0 radical (unpaired) electrons. The van der Waals surface area contributed by atoms with E-state index >= 15 is 0 Å². The van der Waals surface area contributed by atoms with Crippen molar-refractivity contribution in [2.45, 2.75) is 12.8 Å². The van der Waals surface area contributed by atoms with Crippen LogP contribution in [0, 0.1) is 0 Å². The Balaban J connectivity index is 2.13. The Labute approximate surface area is 98.8 Å². The highest BCUT2D eigenvalue weighted by Gasteiger charge is 2.01. The van der Waals surface area contributed by atoms with Gasteiger partial charge in [0, 0.05) is 24.4 Å². The molecule has 5 heteroatoms. The first-order chi connectivity index (χ1) is 7.22. The van der Waals surface area contributed by atoms with E-state index in [1.807, 2.05) is 19.2 Å². The van der Waals surface area contributed by atoms with Crippen molar-refractivity contribution in [2.75, 3.05) is 20.1 Å². The quantitative estimate of drug-likeness (QED) is 0.802. The van der Waals surface area contributed by atoms with Gasteiger partial charge < -0.3 is 10.6 Å². The summed E-state index contributed by atoms with van der Waals surface area (Å²) in [5, 5.41) is 5.79. The van der Waals surface area contributed by atoms with Gasteiger partial charge in [0.25, 0.3) is 0 Å². The van der Waals surface area contributed by atoms with Crippen LogP contribution >= 0.6 is 22.9 Å². The summed E-state index contributed by atoms with van der Waals surface area (Å²) >= 11 is 7.35. The molecule has 0 aliphatic heterocycles. The number of halogens is 1. The predicted octanol–water partition coefficient (Wildman–Crippen LogP) is 1.67. The molecule has 0 aromatic carbocycles. The molecule has 0 saturated heterocycles. The molecule has 0 unspecified atom stereocenters. The van der Waals surface area contributed by atoms with Gasteiger partial charge in [-0.2, -0.15) is 0 Å². The van der Waals surface area contributed by atoms with Gasteiger partial charge in [0.1, 0.15) is 0 Å². The fourth-order valence-electron chi connectivity index (χ4n) is 1.14. The molecule has 0 aliphatic carbocycles. The minimum atomic E-state index is 0.0898. The molecule has 0 fully saturated rings. The van der Waals surface area contributed by atoms with E-state index in [0.717, 1.165) is 17.3 Å². The van der Waals surface area contributed by atoms with Crippen molar-refractivity contribution >= 4 is 28.8 Å². The van der Waals surface area contributed by atoms with Crippen LogP contribution in [0.4, 0.5) is 0 Å². The Morgan fingerprint density at radius 2 is 2.27 bits per heavy atom. The van der Waals surface area contributed by atoms with E-state index < -0.39 is 0 Å². The number of rotatable bonds is 6. The molecule has 1 aromatic rings. The average molecular weight is 247 g/mol. The smallest absolute Gasteiger partial charge is 0.221 e. The maximum Gasteiger partial charge on any atom is 0.221 e. The Hall–Kier alpha value is -0.580. The number of carbonyl (C=O) groups is 1. The van der Waals surface area contributed by atoms with E-state index in [9.17, 15) is 4.79 Å². The average Bonchev–Trinajstić information content (AvgIpc) is 2.61. The predicted molar refractivity (Wildman–Crippen MR) is 64.6 cm³/mol. The number of carbonyl (C=O) groups excluding carboxylic acids is 1. The van der Waals surface area contributed by atoms with Crippen molar-refractivity contribution in [3.63, 3.8) is 0 Å². The van der Waals surface area contributed by atoms with Crippen molar-refractivity contribution in [2.24, 2.45) is 0 Å². The molecule has 0 aliphatic rings. The summed E-state index contributed by atoms with van der Waals surface area (Å²) in [6.07, 6.45) is 1.38. The number of nitrogens with one attached hydrogen (secondary N) is 2. The third kappa shape index (κ3) is 5.16. The maximum absolute atomic E-state index is 11.2. The third-order valence-electron chi connectivity index (χ3n) is 1.92. The molecule has 1 rings (SSSR count). The largest absolute Gasteiger partial charge is 0.356 e. The van der Waals surface area contributed by atoms with Gasteiger partial charge in [-0.25, -0.2) is 0 Å². The molecule has 0 spiro atoms. The summed E-state index contributed by atoms with van der Waals surface area (Å²) < 4.78 is 0.798. The second-order valence-corrected chi connectivity index (χ2v) is 4.96. The van der Waals surface area contributed by atoms with Crippen LogP contribution in [0.2, 0.25) is 4.34 Å². The lowest BCUT2D eigenvalue weighted by atomic mass is 10.3. The van der Waals surface area contributed by atoms with Crippen molar-refractivity contribution in [1.29, 1.82) is 0 Å². The molecular weight excluding hydrogens is 232 g/mol. The highest BCUT2D eigenvalue weighted by Crippen LogP contribution is 2.21. The Kier molecular flexibility index (Phi) is 5.68. The van der Waals surface area contributed by atoms with Crippen LogP contribution < -0.4 is 10.6 Å². The van der Waals surface area contributed by atoms with Crippen LogP contribution in [0.15, 0.2) is 12.1 Å². The molecule has 15 heavy (non-hydrogen) atoms. The lowest BCUT2D eigenvalue weighted by molar-refractivity contribution is -0.120. The van der Waals surface area contributed by atoms with Crippen molar-refractivity contribution in [1.82, 2.24) is 10.6 Å². The van der Waals surface area contributed by atoms with Crippen LogP contribution in [-0.2, 0) is 11.2 Å². The van der Waals surface area contributed by atoms with Crippen LogP contribution in [0.25, 0.3) is 0 Å². The first-order valence-corrected chi connectivity index (χ1v) is 6.07. The molecule has 0 saturated carbocycles. The molecule has 84 valence electrons. The number of thiophene rings is 1. The molecule has 1 heterocycles. The second kappa shape index (κ2) is 6.82. The lowest BCUT2D eigenvalue weighted by Crippen LogP contribution is -2.28. The van der Waals surface area contributed by atoms with E-state index in [1.165, 1.54) is 4.88 Å². The molecule has 0 bridgehead atoms. The summed E-state index contributed by atoms with van der Waals surface area (Å²) in [5.74, 6) is 0.0898. The zero-order valence-corrected chi connectivity index (χ0v) is 10.3. The zero-order valence-electron chi connectivity index (χ0n) is 8.68. The summed E-state index contributed by atoms with van der Waals surface area (Å²) in [7, 11) is 1.83. The monoisotopic (exact) mass is 246 g/mol. The number of hydrogen-bond acceptors (Lipinski definition) is 3. The fraction of sp³-hybridized carbons (Fsp3) is 0.500. The topological polar surface area (TPSA) is 41.1 Å². The van der Waals surface area contributed by atoms with Crippen molar-refractivity contribution in [3.05, 3.63) is 21.3 Å². The SMILES string of the molecule is CNCCC(=O)NCCc1ccc(Cl)s1. The van der Waals surface area contributed by atoms with Crippen LogP contribution in [-0.4, -0.2) is 26.0 Å². The fourth-order valence-corrected chi connectivity index (χ4v) is 2.23. The van der Waals surface area contributed by atoms with E-state index in [-0.39, 0.29) is 5.91 Å². The standard InChI is InChI=1S/C10H15ClN2OS/c1-12-6-5-10(14)13-7-4-8-2-3-9(11)15-8/h2-3,12H,4-7H2,1H3,(H,13,14). The van der Waals surface area contributed by atoms with Gasteiger partial charge in [0.15, 0.2) is 0 Å². The molecule has 1 aromatic heterocycles. The summed E-state index contributed by atoms with van der Waals surface area (Å²) in [6, 6.07) is 3.87. The molecule has 0 atom stereocenters. The van der Waals surface area contributed by atoms with Gasteiger partial charge in [0.2, 0.25) is 5.91 Å². The minimum absolute atomic E-state index is 0.0898. The van der Waals surface area contributed by atoms with Crippen LogP contribution in [0.1, 0.15) is 11.3 Å². The van der Waals surface area contributed by atoms with Gasteiger partial charge in [-0.3, -0.25) is 4.79 Å². The van der Waals surface area contributed by atoms with Crippen molar-refractivity contribution < 1.29 is 4.79 Å². The highest BCUT2D eigenvalue weighted by molar-refractivity contribution is 7.16. The van der Waals surface area contributed by atoms with E-state index in [4.69, 9.17) is 11.6 Å². The van der Waals surface area contributed by atoms with E-state index in [0.29, 0.717) is 13.0 Å². The van der Waals surface area contributed by atoms with Gasteiger partial charge in [-0.1, -0.05) is 11.6 Å². The molecule has 3 nitrogen and oxygen atoms in total. The Morgan fingerprint density at radius 3 is 2.87 bits per heavy atom. The summed E-state index contributed by atoms with van der Waals surface area (Å²) in [6.45, 7) is 1.40. The third-order valence-corrected chi connectivity index (χ3v) is 3.22. The minimum Gasteiger partial charge on any atom is -0.356 e. The van der Waals surface area contributed by atoms with Gasteiger partial charge >= 0.3 is 0 Å². The first kappa shape index (κ1) is 12.5. The highest BCUT2D eigenvalue weighted by atomic mass is 35.5. The lowest BCUT2D eigenvalue weighted by Gasteiger charge is -2.03. The molecule has 2 N–H and O–H groups in total. The normalized spacial score (nSPS) is 10.3. The Morgan fingerprint density at radius 1 is 1.47 bits per heavy atom. The Bertz CT molecular complexity index is 314.